The van der Waals surface area contributed by atoms with Crippen molar-refractivity contribution in [2.24, 2.45) is 5.92 Å². The second kappa shape index (κ2) is 13.1. The van der Waals surface area contributed by atoms with Gasteiger partial charge in [-0.25, -0.2) is 4.79 Å². The van der Waals surface area contributed by atoms with E-state index in [1.54, 1.807) is 12.0 Å². The number of anilines is 2. The van der Waals surface area contributed by atoms with Gasteiger partial charge in [-0.15, -0.1) is 5.10 Å². The average Bonchev–Trinajstić information content (AvgIpc) is 3.87. The molecular formula is C37H43N5O6Si. The minimum Gasteiger partial charge on any atom is -0.497 e. The summed E-state index contributed by atoms with van der Waals surface area (Å²) in [4.78, 5) is 30.8. The number of hydrogen-bond acceptors (Lipinski definition) is 8. The van der Waals surface area contributed by atoms with Crippen molar-refractivity contribution in [1.82, 2.24) is 15.0 Å². The molecule has 3 aromatic carbocycles. The van der Waals surface area contributed by atoms with Crippen LogP contribution in [0.4, 0.5) is 16.2 Å². The molecule has 0 radical (unpaired) electrons. The van der Waals surface area contributed by atoms with Crippen molar-refractivity contribution in [3.05, 3.63) is 95.8 Å². The average molecular weight is 682 g/mol. The maximum absolute atomic E-state index is 15.0. The Balaban J connectivity index is 1.25. The van der Waals surface area contributed by atoms with E-state index < -0.39 is 13.7 Å². The SMILES string of the molecule is COc1ccc([Si](C)(C)[C@@H]2[C@@H](CCn3cc(CCO)nn3)O[C@]3(C(=O)N(Cc4cccc(N5CCOC5=O)c4)c4ccccc43)[C@H]2C)cc1. The highest BCUT2D eigenvalue weighted by atomic mass is 28.3. The van der Waals surface area contributed by atoms with Crippen LogP contribution < -0.4 is 19.7 Å². The van der Waals surface area contributed by atoms with Crippen LogP contribution in [0, 0.1) is 5.92 Å². The number of cyclic esters (lactones) is 1. The first-order valence-corrected chi connectivity index (χ1v) is 20.0. The molecule has 4 heterocycles. The van der Waals surface area contributed by atoms with Gasteiger partial charge in [-0.1, -0.05) is 72.9 Å². The van der Waals surface area contributed by atoms with E-state index in [1.165, 1.54) is 5.19 Å². The molecule has 256 valence electrons. The zero-order valence-electron chi connectivity index (χ0n) is 28.4. The molecule has 11 nitrogen and oxygen atoms in total. The van der Waals surface area contributed by atoms with Gasteiger partial charge in [0.05, 0.1) is 45.8 Å². The number of para-hydroxylation sites is 1. The Morgan fingerprint density at radius 1 is 1.06 bits per heavy atom. The normalized spacial score (nSPS) is 23.4. The van der Waals surface area contributed by atoms with E-state index >= 15 is 4.79 Å². The number of methoxy groups -OCH3 is 1. The number of rotatable bonds is 11. The molecule has 0 unspecified atom stereocenters. The summed E-state index contributed by atoms with van der Waals surface area (Å²) in [6.07, 6.45) is 2.38. The van der Waals surface area contributed by atoms with Gasteiger partial charge < -0.3 is 24.2 Å². The van der Waals surface area contributed by atoms with Crippen LogP contribution in [0.25, 0.3) is 0 Å². The van der Waals surface area contributed by atoms with Gasteiger partial charge in [-0.3, -0.25) is 14.4 Å². The Bertz CT molecular complexity index is 1850. The molecule has 0 saturated carbocycles. The lowest BCUT2D eigenvalue weighted by molar-refractivity contribution is -0.146. The van der Waals surface area contributed by atoms with E-state index in [2.05, 4.69) is 42.5 Å². The van der Waals surface area contributed by atoms with Crippen molar-refractivity contribution in [3.8, 4) is 5.75 Å². The molecule has 0 bridgehead atoms. The van der Waals surface area contributed by atoms with E-state index in [4.69, 9.17) is 14.2 Å². The summed E-state index contributed by atoms with van der Waals surface area (Å²) in [7, 11) is -0.630. The third-order valence-electron chi connectivity index (χ3n) is 10.7. The van der Waals surface area contributed by atoms with Gasteiger partial charge in [0, 0.05) is 42.9 Å². The highest BCUT2D eigenvalue weighted by molar-refractivity contribution is 6.91. The summed E-state index contributed by atoms with van der Waals surface area (Å²) < 4.78 is 19.7. The predicted octanol–water partition coefficient (Wildman–Crippen LogP) is 4.63. The first-order chi connectivity index (χ1) is 23.7. The number of hydrogen-bond donors (Lipinski definition) is 1. The predicted molar refractivity (Wildman–Crippen MR) is 188 cm³/mol. The zero-order valence-corrected chi connectivity index (χ0v) is 29.4. The van der Waals surface area contributed by atoms with Gasteiger partial charge in [-0.05, 0) is 47.9 Å². The van der Waals surface area contributed by atoms with Crippen LogP contribution in [-0.4, -0.2) is 73.1 Å². The number of benzene rings is 3. The van der Waals surface area contributed by atoms with Crippen molar-refractivity contribution < 1.29 is 28.9 Å². The highest BCUT2D eigenvalue weighted by Crippen LogP contribution is 2.60. The van der Waals surface area contributed by atoms with E-state index in [1.807, 2.05) is 76.4 Å². The molecular weight excluding hydrogens is 639 g/mol. The Morgan fingerprint density at radius 3 is 2.59 bits per heavy atom. The molecule has 0 aliphatic carbocycles. The third kappa shape index (κ3) is 5.71. The molecule has 1 aromatic heterocycles. The number of fused-ring (bicyclic) bond motifs is 2. The van der Waals surface area contributed by atoms with Gasteiger partial charge in [-0.2, -0.15) is 0 Å². The van der Waals surface area contributed by atoms with Gasteiger partial charge >= 0.3 is 6.09 Å². The summed E-state index contributed by atoms with van der Waals surface area (Å²) in [5, 5.41) is 19.2. The smallest absolute Gasteiger partial charge is 0.414 e. The largest absolute Gasteiger partial charge is 0.497 e. The molecule has 2 fully saturated rings. The van der Waals surface area contributed by atoms with Crippen molar-refractivity contribution in [1.29, 1.82) is 0 Å². The highest BCUT2D eigenvalue weighted by Gasteiger charge is 2.66. The molecule has 2 amide bonds. The number of aromatic nitrogens is 3. The maximum Gasteiger partial charge on any atom is 0.414 e. The number of aryl methyl sites for hydroxylation is 1. The van der Waals surface area contributed by atoms with Crippen LogP contribution in [0.15, 0.2) is 79.0 Å². The molecule has 3 aliphatic rings. The fraction of sp³-hybridized carbons (Fsp3) is 0.405. The Hall–Kier alpha value is -4.52. The molecule has 2 saturated heterocycles. The standard InChI is InChI=1S/C37H43N5O6Si/c1-25-34(49(3,4)30-14-12-29(46-2)13-15-30)33(16-18-40-24-27(17-20-43)38-39-40)48-37(25)31-10-5-6-11-32(31)42(35(37)44)23-26-8-7-9-28(22-26)41-19-21-47-36(41)45/h5-15,22,24-25,33-34,43H,16-21,23H2,1-4H3/t25-,33+,34-,37+/m0/s1. The fourth-order valence-electron chi connectivity index (χ4n) is 8.26. The molecule has 4 atom stereocenters. The lowest BCUT2D eigenvalue weighted by atomic mass is 9.82. The van der Waals surface area contributed by atoms with Crippen LogP contribution in [-0.2, 0) is 39.4 Å². The summed E-state index contributed by atoms with van der Waals surface area (Å²) in [5.74, 6) is 0.611. The van der Waals surface area contributed by atoms with Gasteiger partial charge in [0.25, 0.3) is 5.91 Å². The number of amides is 2. The molecule has 4 aromatic rings. The fourth-order valence-corrected chi connectivity index (χ4v) is 12.3. The number of carbonyl (C=O) groups is 2. The van der Waals surface area contributed by atoms with Crippen LogP contribution in [0.5, 0.6) is 5.75 Å². The molecule has 49 heavy (non-hydrogen) atoms. The van der Waals surface area contributed by atoms with Crippen LogP contribution in [0.1, 0.15) is 30.2 Å². The molecule has 1 spiro atoms. The second-order valence-corrected chi connectivity index (χ2v) is 18.4. The molecule has 3 aliphatic heterocycles. The van der Waals surface area contributed by atoms with Crippen LogP contribution in [0.3, 0.4) is 0 Å². The topological polar surface area (TPSA) is 119 Å². The Kier molecular flexibility index (Phi) is 8.80. The van der Waals surface area contributed by atoms with E-state index in [0.29, 0.717) is 39.1 Å². The van der Waals surface area contributed by atoms with Crippen molar-refractivity contribution >= 4 is 36.6 Å². The number of ether oxygens (including phenoxy) is 3. The maximum atomic E-state index is 15.0. The zero-order chi connectivity index (χ0) is 34.3. The van der Waals surface area contributed by atoms with Crippen molar-refractivity contribution in [3.63, 3.8) is 0 Å². The Labute approximate surface area is 287 Å². The quantitative estimate of drug-likeness (QED) is 0.228. The van der Waals surface area contributed by atoms with Crippen LogP contribution in [0.2, 0.25) is 18.6 Å². The summed E-state index contributed by atoms with van der Waals surface area (Å²) in [5.41, 5.74) is 3.07. The van der Waals surface area contributed by atoms with Gasteiger partial charge in [0.2, 0.25) is 0 Å². The van der Waals surface area contributed by atoms with E-state index in [0.717, 1.165) is 33.9 Å². The van der Waals surface area contributed by atoms with Crippen molar-refractivity contribution in [2.75, 3.05) is 36.7 Å². The molecule has 7 rings (SSSR count). The Morgan fingerprint density at radius 2 is 1.86 bits per heavy atom. The third-order valence-corrected chi connectivity index (χ3v) is 15.0. The lowest BCUT2D eigenvalue weighted by Gasteiger charge is -2.37. The van der Waals surface area contributed by atoms with Gasteiger partial charge in [0.1, 0.15) is 12.4 Å². The van der Waals surface area contributed by atoms with E-state index in [-0.39, 0.29) is 36.2 Å². The number of aliphatic hydroxyl groups excluding tert-OH is 1. The number of aliphatic hydroxyl groups is 1. The first-order valence-electron chi connectivity index (χ1n) is 16.9. The molecule has 12 heteroatoms. The van der Waals surface area contributed by atoms with E-state index in [9.17, 15) is 9.90 Å². The molecule has 1 N–H and O–H groups in total. The second-order valence-electron chi connectivity index (χ2n) is 13.7. The number of nitrogens with zero attached hydrogens (tertiary/aromatic N) is 5. The summed E-state index contributed by atoms with van der Waals surface area (Å²) >= 11 is 0. The van der Waals surface area contributed by atoms with Gasteiger partial charge in [0.15, 0.2) is 5.60 Å². The first kappa shape index (κ1) is 33.0. The monoisotopic (exact) mass is 681 g/mol. The lowest BCUT2D eigenvalue weighted by Crippen LogP contribution is -2.51. The summed E-state index contributed by atoms with van der Waals surface area (Å²) in [6.45, 7) is 8.72. The van der Waals surface area contributed by atoms with Crippen LogP contribution >= 0.6 is 0 Å². The summed E-state index contributed by atoms with van der Waals surface area (Å²) in [6, 6.07) is 24.1. The number of carbonyl (C=O) groups excluding carboxylic acids is 2. The minimum atomic E-state index is -2.30. The van der Waals surface area contributed by atoms with Crippen molar-refractivity contribution in [2.45, 2.75) is 63.2 Å². The minimum absolute atomic E-state index is 0.0152.